The number of aryl methyl sites for hydroxylation is 1. The summed E-state index contributed by atoms with van der Waals surface area (Å²) in [5.41, 5.74) is -0.471. The Labute approximate surface area is 161 Å². The maximum atomic E-state index is 12.8. The first kappa shape index (κ1) is 19.5. The van der Waals surface area contributed by atoms with Crippen molar-refractivity contribution in [1.29, 1.82) is 0 Å². The van der Waals surface area contributed by atoms with E-state index in [1.54, 1.807) is 0 Å². The fourth-order valence-electron chi connectivity index (χ4n) is 4.67. The molecule has 154 valence electrons. The molecule has 3 fully saturated rings. The molecule has 1 aliphatic heterocycles. The molecule has 2 aliphatic carbocycles. The van der Waals surface area contributed by atoms with E-state index in [0.29, 0.717) is 12.8 Å². The highest BCUT2D eigenvalue weighted by Crippen LogP contribution is 2.46. The van der Waals surface area contributed by atoms with Gasteiger partial charge in [0.1, 0.15) is 6.10 Å². The molecule has 0 unspecified atom stereocenters. The number of aromatic nitrogens is 1. The number of carbonyl (C=O) groups is 1. The number of rotatable bonds is 3. The molecule has 4 rings (SSSR count). The molecule has 2 heterocycles. The summed E-state index contributed by atoms with van der Waals surface area (Å²) in [5.74, 6) is 0.389. The Kier molecular flexibility index (Phi) is 4.80. The van der Waals surface area contributed by atoms with Gasteiger partial charge in [-0.25, -0.2) is 4.98 Å². The molecule has 1 spiro atoms. The van der Waals surface area contributed by atoms with Crippen molar-refractivity contribution in [2.45, 2.75) is 63.8 Å². The third-order valence-corrected chi connectivity index (χ3v) is 6.50. The van der Waals surface area contributed by atoms with E-state index in [-0.39, 0.29) is 40.9 Å². The van der Waals surface area contributed by atoms with E-state index >= 15 is 0 Å². The van der Waals surface area contributed by atoms with E-state index in [9.17, 15) is 23.1 Å². The second-order valence-corrected chi connectivity index (χ2v) is 8.67. The molecule has 2 saturated carbocycles. The summed E-state index contributed by atoms with van der Waals surface area (Å²) in [6.45, 7) is 2.94. The molecule has 5 nitrogen and oxygen atoms in total. The topological polar surface area (TPSA) is 62.7 Å². The highest BCUT2D eigenvalue weighted by molar-refractivity contribution is 5.80. The van der Waals surface area contributed by atoms with Crippen LogP contribution in [0.3, 0.4) is 0 Å². The molecule has 1 amide bonds. The molecule has 3 aliphatic rings. The second-order valence-electron chi connectivity index (χ2n) is 8.67. The summed E-state index contributed by atoms with van der Waals surface area (Å²) < 4.78 is 44.3. The third-order valence-electron chi connectivity index (χ3n) is 6.50. The Morgan fingerprint density at radius 3 is 2.46 bits per heavy atom. The number of nitrogens with zero attached hydrogens (tertiary/aromatic N) is 2. The van der Waals surface area contributed by atoms with Gasteiger partial charge >= 0.3 is 6.18 Å². The van der Waals surface area contributed by atoms with Gasteiger partial charge in [-0.05, 0) is 51.0 Å². The Morgan fingerprint density at radius 1 is 1.29 bits per heavy atom. The van der Waals surface area contributed by atoms with Gasteiger partial charge in [-0.3, -0.25) is 4.79 Å². The van der Waals surface area contributed by atoms with Gasteiger partial charge < -0.3 is 14.7 Å². The number of pyridine rings is 1. The standard InChI is InChI=1S/C20H25F3N2O3/c1-12-6-17(24-9-16(12)20(21,22)23)28-15-2-4-19(5-3-15)10-25(11-19)18(27)13-7-14(26)8-13/h6,9,13-15,26H,2-5,7-8,10-11H2,1H3/t13-,14+. The van der Waals surface area contributed by atoms with Gasteiger partial charge in [0.2, 0.25) is 11.8 Å². The molecule has 0 bridgehead atoms. The normalized spacial score (nSPS) is 27.2. The average Bonchev–Trinajstić information content (AvgIpc) is 2.56. The lowest BCUT2D eigenvalue weighted by Crippen LogP contribution is -2.62. The lowest BCUT2D eigenvalue weighted by molar-refractivity contribution is -0.158. The van der Waals surface area contributed by atoms with Gasteiger partial charge in [0.15, 0.2) is 0 Å². The first-order valence-electron chi connectivity index (χ1n) is 9.83. The summed E-state index contributed by atoms with van der Waals surface area (Å²) in [6.07, 6.45) is 0.718. The average molecular weight is 398 g/mol. The van der Waals surface area contributed by atoms with E-state index in [1.165, 1.54) is 13.0 Å². The lowest BCUT2D eigenvalue weighted by atomic mass is 9.67. The fraction of sp³-hybridized carbons (Fsp3) is 0.700. The van der Waals surface area contributed by atoms with E-state index in [1.807, 2.05) is 4.90 Å². The summed E-state index contributed by atoms with van der Waals surface area (Å²) in [5, 5.41) is 9.36. The predicted molar refractivity (Wildman–Crippen MR) is 94.6 cm³/mol. The van der Waals surface area contributed by atoms with Crippen LogP contribution >= 0.6 is 0 Å². The Hall–Kier alpha value is -1.83. The Bertz CT molecular complexity index is 746. The first-order valence-corrected chi connectivity index (χ1v) is 9.83. The SMILES string of the molecule is Cc1cc(OC2CCC3(CC2)CN(C(=O)[C@H]2C[C@@H](O)C2)C3)ncc1C(F)(F)F. The number of aliphatic hydroxyl groups excluding tert-OH is 1. The van der Waals surface area contributed by atoms with Crippen LogP contribution in [-0.4, -0.2) is 46.2 Å². The number of aliphatic hydroxyl groups is 1. The van der Waals surface area contributed by atoms with Crippen LogP contribution in [0.1, 0.15) is 49.7 Å². The number of ether oxygens (including phenoxy) is 1. The zero-order chi connectivity index (χ0) is 20.1. The number of amides is 1. The largest absolute Gasteiger partial charge is 0.474 e. The maximum absolute atomic E-state index is 12.8. The van der Waals surface area contributed by atoms with Crippen molar-refractivity contribution in [2.75, 3.05) is 13.1 Å². The minimum atomic E-state index is -4.40. The zero-order valence-electron chi connectivity index (χ0n) is 15.8. The van der Waals surface area contributed by atoms with E-state index in [0.717, 1.165) is 45.0 Å². The summed E-state index contributed by atoms with van der Waals surface area (Å²) in [7, 11) is 0. The van der Waals surface area contributed by atoms with Crippen LogP contribution in [0.15, 0.2) is 12.3 Å². The summed E-state index contributed by atoms with van der Waals surface area (Å²) in [6, 6.07) is 1.35. The minimum Gasteiger partial charge on any atom is -0.474 e. The number of halogens is 3. The minimum absolute atomic E-state index is 0.0130. The summed E-state index contributed by atoms with van der Waals surface area (Å²) >= 11 is 0. The van der Waals surface area contributed by atoms with Crippen molar-refractivity contribution >= 4 is 5.91 Å². The zero-order valence-corrected chi connectivity index (χ0v) is 15.8. The monoisotopic (exact) mass is 398 g/mol. The molecule has 8 heteroatoms. The summed E-state index contributed by atoms with van der Waals surface area (Å²) in [4.78, 5) is 18.0. The van der Waals surface area contributed by atoms with Crippen molar-refractivity contribution in [3.8, 4) is 5.88 Å². The van der Waals surface area contributed by atoms with Gasteiger partial charge in [0, 0.05) is 36.7 Å². The highest BCUT2D eigenvalue weighted by Gasteiger charge is 2.49. The number of hydrogen-bond donors (Lipinski definition) is 1. The lowest BCUT2D eigenvalue weighted by Gasteiger charge is -2.54. The molecule has 1 aromatic rings. The van der Waals surface area contributed by atoms with Crippen LogP contribution in [0.5, 0.6) is 5.88 Å². The van der Waals surface area contributed by atoms with Crippen LogP contribution in [0.2, 0.25) is 0 Å². The fourth-order valence-corrected chi connectivity index (χ4v) is 4.67. The number of alkyl halides is 3. The van der Waals surface area contributed by atoms with Crippen molar-refractivity contribution < 1.29 is 27.8 Å². The van der Waals surface area contributed by atoms with Crippen LogP contribution in [0.25, 0.3) is 0 Å². The van der Waals surface area contributed by atoms with Crippen LogP contribution < -0.4 is 4.74 Å². The molecule has 28 heavy (non-hydrogen) atoms. The molecule has 0 aromatic carbocycles. The van der Waals surface area contributed by atoms with Gasteiger partial charge in [-0.15, -0.1) is 0 Å². The van der Waals surface area contributed by atoms with Gasteiger partial charge in [0.25, 0.3) is 0 Å². The van der Waals surface area contributed by atoms with Gasteiger partial charge in [0.05, 0.1) is 11.7 Å². The maximum Gasteiger partial charge on any atom is 0.418 e. The number of likely N-dealkylation sites (tertiary alicyclic amines) is 1. The molecule has 1 aromatic heterocycles. The van der Waals surface area contributed by atoms with Crippen molar-refractivity contribution in [1.82, 2.24) is 9.88 Å². The third kappa shape index (κ3) is 3.71. The van der Waals surface area contributed by atoms with Gasteiger partial charge in [-0.1, -0.05) is 0 Å². The predicted octanol–water partition coefficient (Wildman–Crippen LogP) is 3.33. The first-order chi connectivity index (χ1) is 13.2. The molecule has 0 radical (unpaired) electrons. The molecule has 0 atom stereocenters. The van der Waals surface area contributed by atoms with E-state index in [2.05, 4.69) is 4.98 Å². The smallest absolute Gasteiger partial charge is 0.418 e. The van der Waals surface area contributed by atoms with Crippen LogP contribution in [-0.2, 0) is 11.0 Å². The Balaban J connectivity index is 1.26. The second kappa shape index (κ2) is 6.90. The number of hydrogen-bond acceptors (Lipinski definition) is 4. The van der Waals surface area contributed by atoms with E-state index < -0.39 is 11.7 Å². The van der Waals surface area contributed by atoms with Crippen molar-refractivity contribution in [2.24, 2.45) is 11.3 Å². The van der Waals surface area contributed by atoms with Crippen LogP contribution in [0.4, 0.5) is 13.2 Å². The molecular formula is C20H25F3N2O3. The number of carbonyl (C=O) groups excluding carboxylic acids is 1. The molecule has 1 saturated heterocycles. The highest BCUT2D eigenvalue weighted by atomic mass is 19.4. The van der Waals surface area contributed by atoms with E-state index in [4.69, 9.17) is 4.74 Å². The van der Waals surface area contributed by atoms with Crippen molar-refractivity contribution in [3.05, 3.63) is 23.4 Å². The molecular weight excluding hydrogens is 373 g/mol. The van der Waals surface area contributed by atoms with Crippen molar-refractivity contribution in [3.63, 3.8) is 0 Å². The molecule has 1 N–H and O–H groups in total. The quantitative estimate of drug-likeness (QED) is 0.849. The van der Waals surface area contributed by atoms with Crippen LogP contribution in [0, 0.1) is 18.3 Å². The Morgan fingerprint density at radius 2 is 1.93 bits per heavy atom. The van der Waals surface area contributed by atoms with Gasteiger partial charge in [-0.2, -0.15) is 13.2 Å².